The van der Waals surface area contributed by atoms with E-state index < -0.39 is 0 Å². The van der Waals surface area contributed by atoms with E-state index in [9.17, 15) is 0 Å². The topological polar surface area (TPSA) is 42.2 Å². The van der Waals surface area contributed by atoms with Gasteiger partial charge < -0.3 is 5.32 Å². The van der Waals surface area contributed by atoms with Crippen LogP contribution in [0, 0.1) is 6.92 Å². The standard InChI is InChI=1S/C14H13BrN4/c1-10-5-4-8-19-13(10)17-14(18-19)16-9-11-6-2-3-7-12(11)15/h2-8H,9H2,1H3,(H,16,18). The summed E-state index contributed by atoms with van der Waals surface area (Å²) >= 11 is 3.53. The Labute approximate surface area is 119 Å². The van der Waals surface area contributed by atoms with Crippen molar-refractivity contribution in [1.82, 2.24) is 14.6 Å². The molecular formula is C14H13BrN4. The lowest BCUT2D eigenvalue weighted by Crippen LogP contribution is -2.01. The molecule has 3 aromatic rings. The number of nitrogens with one attached hydrogen (secondary N) is 1. The van der Waals surface area contributed by atoms with E-state index in [0.717, 1.165) is 15.7 Å². The summed E-state index contributed by atoms with van der Waals surface area (Å²) in [6, 6.07) is 12.1. The van der Waals surface area contributed by atoms with Crippen LogP contribution in [0.25, 0.3) is 5.65 Å². The van der Waals surface area contributed by atoms with Crippen LogP contribution in [0.15, 0.2) is 47.1 Å². The van der Waals surface area contributed by atoms with Crippen LogP contribution in [-0.4, -0.2) is 14.6 Å². The van der Waals surface area contributed by atoms with Gasteiger partial charge >= 0.3 is 0 Å². The first-order chi connectivity index (χ1) is 9.24. The third kappa shape index (κ3) is 2.46. The van der Waals surface area contributed by atoms with E-state index in [2.05, 4.69) is 37.4 Å². The normalized spacial score (nSPS) is 10.8. The molecule has 0 saturated heterocycles. The van der Waals surface area contributed by atoms with Crippen molar-refractivity contribution >= 4 is 27.5 Å². The van der Waals surface area contributed by atoms with Gasteiger partial charge in [-0.25, -0.2) is 4.52 Å². The molecule has 0 atom stereocenters. The maximum absolute atomic E-state index is 4.48. The second-order valence-electron chi connectivity index (χ2n) is 4.34. The van der Waals surface area contributed by atoms with Gasteiger partial charge in [0.2, 0.25) is 5.95 Å². The number of nitrogens with zero attached hydrogens (tertiary/aromatic N) is 3. The molecule has 0 amide bonds. The molecule has 1 aromatic carbocycles. The van der Waals surface area contributed by atoms with Gasteiger partial charge in [-0.1, -0.05) is 40.2 Å². The average molecular weight is 317 g/mol. The van der Waals surface area contributed by atoms with Gasteiger partial charge in [0.25, 0.3) is 0 Å². The Hall–Kier alpha value is -1.88. The van der Waals surface area contributed by atoms with Gasteiger partial charge in [0.1, 0.15) is 0 Å². The molecule has 0 bridgehead atoms. The smallest absolute Gasteiger partial charge is 0.243 e. The lowest BCUT2D eigenvalue weighted by atomic mass is 10.2. The van der Waals surface area contributed by atoms with E-state index >= 15 is 0 Å². The quantitative estimate of drug-likeness (QED) is 0.805. The van der Waals surface area contributed by atoms with Crippen molar-refractivity contribution in [2.45, 2.75) is 13.5 Å². The third-order valence-electron chi connectivity index (χ3n) is 2.95. The van der Waals surface area contributed by atoms with Gasteiger partial charge in [-0.15, -0.1) is 5.10 Å². The fraction of sp³-hybridized carbons (Fsp3) is 0.143. The molecule has 3 rings (SSSR count). The maximum atomic E-state index is 4.48. The largest absolute Gasteiger partial charge is 0.349 e. The fourth-order valence-electron chi connectivity index (χ4n) is 1.93. The molecule has 19 heavy (non-hydrogen) atoms. The molecular weight excluding hydrogens is 304 g/mol. The summed E-state index contributed by atoms with van der Waals surface area (Å²) < 4.78 is 2.87. The molecule has 0 saturated carbocycles. The second-order valence-corrected chi connectivity index (χ2v) is 5.19. The zero-order valence-corrected chi connectivity index (χ0v) is 12.1. The monoisotopic (exact) mass is 316 g/mol. The van der Waals surface area contributed by atoms with Gasteiger partial charge in [-0.05, 0) is 30.2 Å². The molecule has 0 unspecified atom stereocenters. The number of aryl methyl sites for hydroxylation is 1. The highest BCUT2D eigenvalue weighted by Gasteiger charge is 2.05. The molecule has 0 aliphatic rings. The third-order valence-corrected chi connectivity index (χ3v) is 3.73. The minimum atomic E-state index is 0.644. The van der Waals surface area contributed by atoms with Crippen LogP contribution in [0.3, 0.4) is 0 Å². The Balaban J connectivity index is 1.83. The number of aromatic nitrogens is 3. The van der Waals surface area contributed by atoms with E-state index in [-0.39, 0.29) is 0 Å². The first-order valence-corrected chi connectivity index (χ1v) is 6.82. The number of halogens is 1. The van der Waals surface area contributed by atoms with Crippen LogP contribution in [0.5, 0.6) is 0 Å². The number of hydrogen-bond donors (Lipinski definition) is 1. The molecule has 0 spiro atoms. The molecule has 1 N–H and O–H groups in total. The van der Waals surface area contributed by atoms with Crippen LogP contribution >= 0.6 is 15.9 Å². The Morgan fingerprint density at radius 1 is 1.21 bits per heavy atom. The van der Waals surface area contributed by atoms with Crippen molar-refractivity contribution in [3.05, 3.63) is 58.2 Å². The number of benzene rings is 1. The predicted molar refractivity (Wildman–Crippen MR) is 79.2 cm³/mol. The summed E-state index contributed by atoms with van der Waals surface area (Å²) in [4.78, 5) is 4.48. The second kappa shape index (κ2) is 5.01. The average Bonchev–Trinajstić information content (AvgIpc) is 2.82. The van der Waals surface area contributed by atoms with E-state index in [1.54, 1.807) is 4.52 Å². The molecule has 0 aliphatic carbocycles. The minimum Gasteiger partial charge on any atom is -0.349 e. The first-order valence-electron chi connectivity index (χ1n) is 6.03. The molecule has 5 heteroatoms. The van der Waals surface area contributed by atoms with Crippen molar-refractivity contribution in [2.24, 2.45) is 0 Å². The number of pyridine rings is 1. The van der Waals surface area contributed by atoms with Crippen LogP contribution in [0.4, 0.5) is 5.95 Å². The van der Waals surface area contributed by atoms with Gasteiger partial charge in [-0.2, -0.15) is 4.98 Å². The number of hydrogen-bond acceptors (Lipinski definition) is 3. The van der Waals surface area contributed by atoms with E-state index in [1.165, 1.54) is 5.56 Å². The molecule has 2 aromatic heterocycles. The van der Waals surface area contributed by atoms with Crippen molar-refractivity contribution < 1.29 is 0 Å². The van der Waals surface area contributed by atoms with Crippen molar-refractivity contribution in [2.75, 3.05) is 5.32 Å². The summed E-state index contributed by atoms with van der Waals surface area (Å²) in [5.41, 5.74) is 3.18. The van der Waals surface area contributed by atoms with Crippen LogP contribution < -0.4 is 5.32 Å². The lowest BCUT2D eigenvalue weighted by molar-refractivity contribution is 0.945. The van der Waals surface area contributed by atoms with Crippen molar-refractivity contribution in [3.63, 3.8) is 0 Å². The summed E-state index contributed by atoms with van der Waals surface area (Å²) in [5.74, 6) is 0.644. The summed E-state index contributed by atoms with van der Waals surface area (Å²) in [5, 5.41) is 7.64. The molecule has 96 valence electrons. The number of fused-ring (bicyclic) bond motifs is 1. The van der Waals surface area contributed by atoms with Gasteiger partial charge in [0.05, 0.1) is 0 Å². The molecule has 4 nitrogen and oxygen atoms in total. The summed E-state index contributed by atoms with van der Waals surface area (Å²) in [7, 11) is 0. The van der Waals surface area contributed by atoms with E-state index in [4.69, 9.17) is 0 Å². The van der Waals surface area contributed by atoms with Crippen LogP contribution in [0.2, 0.25) is 0 Å². The molecule has 0 radical (unpaired) electrons. The number of anilines is 1. The Morgan fingerprint density at radius 2 is 2.05 bits per heavy atom. The first kappa shape index (κ1) is 12.2. The van der Waals surface area contributed by atoms with Gasteiger partial charge in [-0.3, -0.25) is 0 Å². The predicted octanol–water partition coefficient (Wildman–Crippen LogP) is 3.41. The van der Waals surface area contributed by atoms with E-state index in [0.29, 0.717) is 12.5 Å². The zero-order chi connectivity index (χ0) is 13.2. The lowest BCUT2D eigenvalue weighted by Gasteiger charge is -2.03. The highest BCUT2D eigenvalue weighted by Crippen LogP contribution is 2.17. The van der Waals surface area contributed by atoms with Gasteiger partial charge in [0, 0.05) is 17.2 Å². The van der Waals surface area contributed by atoms with Crippen molar-refractivity contribution in [3.8, 4) is 0 Å². The van der Waals surface area contributed by atoms with Crippen molar-refractivity contribution in [1.29, 1.82) is 0 Å². The molecule has 0 fully saturated rings. The fourth-order valence-corrected chi connectivity index (χ4v) is 2.36. The minimum absolute atomic E-state index is 0.644. The summed E-state index contributed by atoms with van der Waals surface area (Å²) in [6.45, 7) is 2.72. The van der Waals surface area contributed by atoms with E-state index in [1.807, 2.05) is 43.5 Å². The van der Waals surface area contributed by atoms with Crippen LogP contribution in [0.1, 0.15) is 11.1 Å². The maximum Gasteiger partial charge on any atom is 0.243 e. The Bertz CT molecular complexity index is 720. The Kier molecular flexibility index (Phi) is 3.21. The molecule has 2 heterocycles. The highest BCUT2D eigenvalue weighted by atomic mass is 79.9. The van der Waals surface area contributed by atoms with Crippen LogP contribution in [-0.2, 0) is 6.54 Å². The SMILES string of the molecule is Cc1cccn2nc(NCc3ccccc3Br)nc12. The van der Waals surface area contributed by atoms with Gasteiger partial charge in [0.15, 0.2) is 5.65 Å². The highest BCUT2D eigenvalue weighted by molar-refractivity contribution is 9.10. The number of rotatable bonds is 3. The summed E-state index contributed by atoms with van der Waals surface area (Å²) in [6.07, 6.45) is 1.90. The Morgan fingerprint density at radius 3 is 2.84 bits per heavy atom. The zero-order valence-electron chi connectivity index (χ0n) is 10.5. The molecule has 0 aliphatic heterocycles.